The molecule has 0 saturated heterocycles. The van der Waals surface area contributed by atoms with Gasteiger partial charge in [0.05, 0.1) is 0 Å². The molecule has 1 aliphatic rings. The Labute approximate surface area is 115 Å². The summed E-state index contributed by atoms with van der Waals surface area (Å²) in [4.78, 5) is 22.3. The normalized spacial score (nSPS) is 22.7. The van der Waals surface area contributed by atoms with Crippen molar-refractivity contribution in [2.75, 3.05) is 6.61 Å². The van der Waals surface area contributed by atoms with Crippen LogP contribution in [0.3, 0.4) is 0 Å². The molecule has 110 valence electrons. The summed E-state index contributed by atoms with van der Waals surface area (Å²) in [5.74, 6) is -0.574. The van der Waals surface area contributed by atoms with E-state index in [9.17, 15) is 9.59 Å². The third kappa shape index (κ3) is 5.21. The van der Waals surface area contributed by atoms with E-state index in [0.29, 0.717) is 11.3 Å². The summed E-state index contributed by atoms with van der Waals surface area (Å²) in [6.45, 7) is 9.40. The first kappa shape index (κ1) is 16.0. The molecule has 1 aliphatic carbocycles. The fourth-order valence-corrected chi connectivity index (χ4v) is 2.86. The maximum atomic E-state index is 11.7. The van der Waals surface area contributed by atoms with Crippen LogP contribution in [0.4, 0.5) is 0 Å². The second-order valence-electron chi connectivity index (χ2n) is 6.82. The number of carbonyl (C=O) groups excluding carboxylic acids is 2. The van der Waals surface area contributed by atoms with Crippen molar-refractivity contribution in [3.8, 4) is 0 Å². The largest absolute Gasteiger partial charge is 0.457 e. The molecule has 0 radical (unpaired) electrons. The van der Waals surface area contributed by atoms with Gasteiger partial charge in [0.2, 0.25) is 0 Å². The molecule has 0 amide bonds. The van der Waals surface area contributed by atoms with Crippen molar-refractivity contribution in [2.45, 2.75) is 65.9 Å². The van der Waals surface area contributed by atoms with Crippen molar-refractivity contribution in [3.63, 3.8) is 0 Å². The maximum absolute atomic E-state index is 11.7. The lowest BCUT2D eigenvalue weighted by Crippen LogP contribution is -2.42. The Morgan fingerprint density at radius 3 is 2.47 bits per heavy atom. The lowest BCUT2D eigenvalue weighted by molar-refractivity contribution is -0.173. The Kier molecular flexibility index (Phi) is 4.99. The van der Waals surface area contributed by atoms with E-state index in [1.807, 2.05) is 13.8 Å². The number of hydrogen-bond acceptors (Lipinski definition) is 4. The van der Waals surface area contributed by atoms with Gasteiger partial charge in [0.25, 0.3) is 0 Å². The molecule has 0 aromatic heterocycles. The molecule has 0 N–H and O–H groups in total. The predicted molar refractivity (Wildman–Crippen MR) is 72.5 cm³/mol. The van der Waals surface area contributed by atoms with Crippen LogP contribution in [0.1, 0.15) is 60.3 Å². The van der Waals surface area contributed by atoms with Gasteiger partial charge in [0, 0.05) is 6.92 Å². The summed E-state index contributed by atoms with van der Waals surface area (Å²) in [5.41, 5.74) is -0.197. The van der Waals surface area contributed by atoms with E-state index >= 15 is 0 Å². The SMILES string of the molecule is CC(=O)OCC(=O)OC(C)(C)C1CCCC(C)(C)C1. The second kappa shape index (κ2) is 5.93. The molecule has 0 heterocycles. The molecular formula is C15H26O4. The number of esters is 2. The van der Waals surface area contributed by atoms with Crippen LogP contribution >= 0.6 is 0 Å². The Hall–Kier alpha value is -1.06. The van der Waals surface area contributed by atoms with E-state index in [1.165, 1.54) is 19.8 Å². The zero-order valence-electron chi connectivity index (χ0n) is 12.7. The van der Waals surface area contributed by atoms with Crippen LogP contribution in [0.5, 0.6) is 0 Å². The van der Waals surface area contributed by atoms with Gasteiger partial charge in [-0.2, -0.15) is 0 Å². The first-order valence-corrected chi connectivity index (χ1v) is 6.98. The molecule has 0 bridgehead atoms. The Morgan fingerprint density at radius 1 is 1.32 bits per heavy atom. The van der Waals surface area contributed by atoms with E-state index < -0.39 is 17.5 Å². The van der Waals surface area contributed by atoms with E-state index in [4.69, 9.17) is 4.74 Å². The number of ether oxygens (including phenoxy) is 2. The van der Waals surface area contributed by atoms with Gasteiger partial charge in [0.1, 0.15) is 5.60 Å². The molecule has 4 nitrogen and oxygen atoms in total. The molecule has 0 aromatic rings. The van der Waals surface area contributed by atoms with Gasteiger partial charge in [-0.1, -0.05) is 20.3 Å². The second-order valence-corrected chi connectivity index (χ2v) is 6.82. The Bertz CT molecular complexity index is 344. The van der Waals surface area contributed by atoms with Crippen molar-refractivity contribution in [3.05, 3.63) is 0 Å². The minimum Gasteiger partial charge on any atom is -0.457 e. The molecule has 1 saturated carbocycles. The van der Waals surface area contributed by atoms with E-state index in [1.54, 1.807) is 0 Å². The van der Waals surface area contributed by atoms with Gasteiger partial charge in [0.15, 0.2) is 6.61 Å². The van der Waals surface area contributed by atoms with Crippen molar-refractivity contribution in [1.82, 2.24) is 0 Å². The average molecular weight is 270 g/mol. The maximum Gasteiger partial charge on any atom is 0.344 e. The number of hydrogen-bond donors (Lipinski definition) is 0. The van der Waals surface area contributed by atoms with E-state index in [2.05, 4.69) is 18.6 Å². The van der Waals surface area contributed by atoms with Crippen LogP contribution in [0.25, 0.3) is 0 Å². The summed E-state index contributed by atoms with van der Waals surface area (Å²) in [5, 5.41) is 0. The van der Waals surface area contributed by atoms with Gasteiger partial charge in [-0.25, -0.2) is 4.79 Å². The van der Waals surface area contributed by atoms with Gasteiger partial charge in [-0.3, -0.25) is 4.79 Å². The number of rotatable bonds is 4. The summed E-state index contributed by atoms with van der Waals surface area (Å²) in [7, 11) is 0. The number of carbonyl (C=O) groups is 2. The Morgan fingerprint density at radius 2 is 1.95 bits per heavy atom. The molecule has 1 rings (SSSR count). The molecular weight excluding hydrogens is 244 g/mol. The Balaban J connectivity index is 2.54. The van der Waals surface area contributed by atoms with Crippen LogP contribution in [0, 0.1) is 11.3 Å². The zero-order chi connectivity index (χ0) is 14.7. The van der Waals surface area contributed by atoms with E-state index in [-0.39, 0.29) is 6.61 Å². The van der Waals surface area contributed by atoms with Crippen LogP contribution in [0.15, 0.2) is 0 Å². The molecule has 1 unspecified atom stereocenters. The topological polar surface area (TPSA) is 52.6 Å². The van der Waals surface area contributed by atoms with Crippen LogP contribution < -0.4 is 0 Å². The fourth-order valence-electron chi connectivity index (χ4n) is 2.86. The minimum absolute atomic E-state index is 0.297. The minimum atomic E-state index is -0.505. The first-order valence-electron chi connectivity index (χ1n) is 6.98. The smallest absolute Gasteiger partial charge is 0.344 e. The van der Waals surface area contributed by atoms with Gasteiger partial charge >= 0.3 is 11.9 Å². The average Bonchev–Trinajstić information content (AvgIpc) is 2.24. The van der Waals surface area contributed by atoms with Gasteiger partial charge < -0.3 is 9.47 Å². The molecule has 19 heavy (non-hydrogen) atoms. The molecule has 1 fully saturated rings. The van der Waals surface area contributed by atoms with Gasteiger partial charge in [-0.05, 0) is 44.4 Å². The molecule has 0 spiro atoms. The van der Waals surface area contributed by atoms with Crippen molar-refractivity contribution in [1.29, 1.82) is 0 Å². The highest BCUT2D eigenvalue weighted by molar-refractivity contribution is 5.75. The summed E-state index contributed by atoms with van der Waals surface area (Å²) < 4.78 is 10.2. The molecule has 1 atom stereocenters. The van der Waals surface area contributed by atoms with Crippen LogP contribution in [0.2, 0.25) is 0 Å². The summed E-state index contributed by atoms with van der Waals surface area (Å²) in [6, 6.07) is 0. The van der Waals surface area contributed by atoms with Crippen molar-refractivity contribution < 1.29 is 19.1 Å². The highest BCUT2D eigenvalue weighted by Gasteiger charge is 2.39. The first-order chi connectivity index (χ1) is 8.62. The van der Waals surface area contributed by atoms with E-state index in [0.717, 1.165) is 12.8 Å². The van der Waals surface area contributed by atoms with Crippen LogP contribution in [-0.2, 0) is 19.1 Å². The zero-order valence-corrected chi connectivity index (χ0v) is 12.7. The van der Waals surface area contributed by atoms with Gasteiger partial charge in [-0.15, -0.1) is 0 Å². The van der Waals surface area contributed by atoms with Crippen molar-refractivity contribution in [2.24, 2.45) is 11.3 Å². The quantitative estimate of drug-likeness (QED) is 0.737. The standard InChI is InChI=1S/C15H26O4/c1-11(16)18-10-13(17)19-15(4,5)12-7-6-8-14(2,3)9-12/h12H,6-10H2,1-5H3. The van der Waals surface area contributed by atoms with Crippen molar-refractivity contribution >= 4 is 11.9 Å². The monoisotopic (exact) mass is 270 g/mol. The molecule has 0 aliphatic heterocycles. The predicted octanol–water partition coefficient (Wildman–Crippen LogP) is 3.09. The summed E-state index contributed by atoms with van der Waals surface area (Å²) in [6.07, 6.45) is 4.53. The summed E-state index contributed by atoms with van der Waals surface area (Å²) >= 11 is 0. The lowest BCUT2D eigenvalue weighted by Gasteiger charge is -2.42. The third-order valence-electron chi connectivity index (χ3n) is 3.96. The fraction of sp³-hybridized carbons (Fsp3) is 0.867. The highest BCUT2D eigenvalue weighted by atomic mass is 16.6. The van der Waals surface area contributed by atoms with Crippen LogP contribution in [-0.4, -0.2) is 24.1 Å². The third-order valence-corrected chi connectivity index (χ3v) is 3.96. The molecule has 0 aromatic carbocycles. The molecule has 4 heteroatoms. The highest BCUT2D eigenvalue weighted by Crippen LogP contribution is 2.43. The lowest BCUT2D eigenvalue weighted by atomic mass is 9.67.